The van der Waals surface area contributed by atoms with Gasteiger partial charge in [-0.25, -0.2) is 4.98 Å². The number of nitrogens with two attached hydrogens (primary N) is 1. The maximum Gasteiger partial charge on any atom is 0.305 e. The van der Waals surface area contributed by atoms with Crippen LogP contribution in [0, 0.1) is 0 Å². The molecule has 5 heteroatoms. The van der Waals surface area contributed by atoms with E-state index in [4.69, 9.17) is 10.5 Å². The minimum atomic E-state index is -0.283. The van der Waals surface area contributed by atoms with E-state index in [1.54, 1.807) is 13.2 Å². The van der Waals surface area contributed by atoms with Gasteiger partial charge >= 0.3 is 5.97 Å². The van der Waals surface area contributed by atoms with Gasteiger partial charge in [-0.05, 0) is 12.5 Å². The smallest absolute Gasteiger partial charge is 0.305 e. The number of rotatable bonds is 5. The molecule has 0 aromatic carbocycles. The highest BCUT2D eigenvalue weighted by Crippen LogP contribution is 2.16. The average Bonchev–Trinajstić information content (AvgIpc) is 2.35. The Balaban J connectivity index is 2.58. The summed E-state index contributed by atoms with van der Waals surface area (Å²) in [6.07, 6.45) is 0.795. The molecule has 0 saturated heterocycles. The molecule has 0 saturated carbocycles. The predicted molar refractivity (Wildman–Crippen MR) is 59.0 cm³/mol. The minimum absolute atomic E-state index is 0.265. The van der Waals surface area contributed by atoms with Crippen LogP contribution in [0.4, 0.5) is 0 Å². The first-order valence-corrected chi connectivity index (χ1v) is 5.00. The molecule has 1 heterocycles. The topological polar surface area (TPSA) is 74.4 Å². The quantitative estimate of drug-likeness (QED) is 0.756. The molecule has 0 spiro atoms. The second kappa shape index (κ2) is 6.07. The van der Waals surface area contributed by atoms with E-state index in [1.165, 1.54) is 7.11 Å². The first-order chi connectivity index (χ1) is 7.67. The van der Waals surface area contributed by atoms with Gasteiger partial charge in [-0.1, -0.05) is 6.07 Å². The van der Waals surface area contributed by atoms with Crippen LogP contribution in [0.15, 0.2) is 18.2 Å². The van der Waals surface area contributed by atoms with Crippen molar-refractivity contribution < 1.29 is 14.3 Å². The summed E-state index contributed by atoms with van der Waals surface area (Å²) in [4.78, 5) is 15.1. The molecule has 1 atom stereocenters. The van der Waals surface area contributed by atoms with Crippen LogP contribution in [0.2, 0.25) is 0 Å². The standard InChI is InChI=1S/C11H16N2O3/c1-15-10-5-3-4-9(13-10)8(12)6-7-11(14)16-2/h3-5,8H,6-7,12H2,1-2H3. The number of carbonyl (C=O) groups is 1. The molecule has 1 rings (SSSR count). The van der Waals surface area contributed by atoms with Gasteiger partial charge in [-0.3, -0.25) is 4.79 Å². The fourth-order valence-electron chi connectivity index (χ4n) is 1.27. The highest BCUT2D eigenvalue weighted by Gasteiger charge is 2.11. The van der Waals surface area contributed by atoms with Gasteiger partial charge in [0, 0.05) is 18.5 Å². The number of ether oxygens (including phenoxy) is 2. The molecule has 16 heavy (non-hydrogen) atoms. The third kappa shape index (κ3) is 3.51. The van der Waals surface area contributed by atoms with Crippen molar-refractivity contribution in [3.05, 3.63) is 23.9 Å². The molecule has 0 aliphatic rings. The Morgan fingerprint density at radius 1 is 1.50 bits per heavy atom. The monoisotopic (exact) mass is 224 g/mol. The number of esters is 1. The summed E-state index contributed by atoms with van der Waals surface area (Å²) in [7, 11) is 2.91. The van der Waals surface area contributed by atoms with Gasteiger partial charge < -0.3 is 15.2 Å². The van der Waals surface area contributed by atoms with Crippen molar-refractivity contribution in [1.29, 1.82) is 0 Å². The van der Waals surface area contributed by atoms with Crippen molar-refractivity contribution in [3.8, 4) is 5.88 Å². The Hall–Kier alpha value is -1.62. The summed E-state index contributed by atoms with van der Waals surface area (Å²) >= 11 is 0. The lowest BCUT2D eigenvalue weighted by Crippen LogP contribution is -2.14. The first kappa shape index (κ1) is 12.4. The Labute approximate surface area is 94.6 Å². The van der Waals surface area contributed by atoms with Crippen molar-refractivity contribution >= 4 is 5.97 Å². The van der Waals surface area contributed by atoms with E-state index >= 15 is 0 Å². The number of carbonyl (C=O) groups excluding carboxylic acids is 1. The van der Waals surface area contributed by atoms with Crippen molar-refractivity contribution in [1.82, 2.24) is 4.98 Å². The second-order valence-corrected chi connectivity index (χ2v) is 3.33. The van der Waals surface area contributed by atoms with E-state index in [0.29, 0.717) is 18.0 Å². The lowest BCUT2D eigenvalue weighted by atomic mass is 10.1. The average molecular weight is 224 g/mol. The lowest BCUT2D eigenvalue weighted by Gasteiger charge is -2.10. The van der Waals surface area contributed by atoms with Crippen molar-refractivity contribution in [2.45, 2.75) is 18.9 Å². The van der Waals surface area contributed by atoms with Gasteiger partial charge in [0.2, 0.25) is 5.88 Å². The molecule has 5 nitrogen and oxygen atoms in total. The van der Waals surface area contributed by atoms with E-state index in [2.05, 4.69) is 9.72 Å². The van der Waals surface area contributed by atoms with E-state index < -0.39 is 0 Å². The van der Waals surface area contributed by atoms with Gasteiger partial charge in [0.05, 0.1) is 19.9 Å². The summed E-state index contributed by atoms with van der Waals surface area (Å²) in [6, 6.07) is 5.09. The Morgan fingerprint density at radius 2 is 2.25 bits per heavy atom. The van der Waals surface area contributed by atoms with Crippen LogP contribution in [-0.4, -0.2) is 25.2 Å². The van der Waals surface area contributed by atoms with Crippen LogP contribution in [0.25, 0.3) is 0 Å². The number of nitrogens with zero attached hydrogens (tertiary/aromatic N) is 1. The fraction of sp³-hybridized carbons (Fsp3) is 0.455. The zero-order valence-electron chi connectivity index (χ0n) is 9.47. The molecule has 2 N–H and O–H groups in total. The molecule has 88 valence electrons. The normalized spacial score (nSPS) is 11.9. The largest absolute Gasteiger partial charge is 0.481 e. The van der Waals surface area contributed by atoms with E-state index in [-0.39, 0.29) is 18.4 Å². The molecular weight excluding hydrogens is 208 g/mol. The third-order valence-corrected chi connectivity index (χ3v) is 2.22. The Morgan fingerprint density at radius 3 is 2.88 bits per heavy atom. The van der Waals surface area contributed by atoms with Crippen LogP contribution >= 0.6 is 0 Å². The van der Waals surface area contributed by atoms with E-state index in [0.717, 1.165) is 0 Å². The van der Waals surface area contributed by atoms with Gasteiger partial charge in [0.15, 0.2) is 0 Å². The van der Waals surface area contributed by atoms with E-state index in [9.17, 15) is 4.79 Å². The van der Waals surface area contributed by atoms with Crippen molar-refractivity contribution in [2.75, 3.05) is 14.2 Å². The number of pyridine rings is 1. The summed E-state index contributed by atoms with van der Waals surface area (Å²) < 4.78 is 9.54. The highest BCUT2D eigenvalue weighted by molar-refractivity contribution is 5.69. The summed E-state index contributed by atoms with van der Waals surface area (Å²) in [5, 5.41) is 0. The molecular formula is C11H16N2O3. The lowest BCUT2D eigenvalue weighted by molar-refractivity contribution is -0.140. The van der Waals surface area contributed by atoms with Gasteiger partial charge in [0.1, 0.15) is 0 Å². The molecule has 1 unspecified atom stereocenters. The number of aromatic nitrogens is 1. The molecule has 1 aromatic heterocycles. The maximum absolute atomic E-state index is 10.9. The zero-order chi connectivity index (χ0) is 12.0. The minimum Gasteiger partial charge on any atom is -0.481 e. The maximum atomic E-state index is 10.9. The molecule has 1 aromatic rings. The highest BCUT2D eigenvalue weighted by atomic mass is 16.5. The second-order valence-electron chi connectivity index (χ2n) is 3.33. The predicted octanol–water partition coefficient (Wildman–Crippen LogP) is 1.04. The fourth-order valence-corrected chi connectivity index (χ4v) is 1.27. The molecule has 0 aliphatic carbocycles. The van der Waals surface area contributed by atoms with Crippen molar-refractivity contribution in [2.24, 2.45) is 5.73 Å². The molecule has 0 radical (unpaired) electrons. The summed E-state index contributed by atoms with van der Waals surface area (Å²) in [6.45, 7) is 0. The van der Waals surface area contributed by atoms with Crippen LogP contribution in [0.3, 0.4) is 0 Å². The Bertz CT molecular complexity index is 355. The summed E-state index contributed by atoms with van der Waals surface area (Å²) in [5.74, 6) is 0.254. The Kier molecular flexibility index (Phi) is 4.72. The van der Waals surface area contributed by atoms with E-state index in [1.807, 2.05) is 12.1 Å². The van der Waals surface area contributed by atoms with Crippen LogP contribution < -0.4 is 10.5 Å². The van der Waals surface area contributed by atoms with Gasteiger partial charge in [-0.15, -0.1) is 0 Å². The molecule has 0 aliphatic heterocycles. The zero-order valence-corrected chi connectivity index (χ0v) is 9.47. The van der Waals surface area contributed by atoms with Gasteiger partial charge in [0.25, 0.3) is 0 Å². The molecule has 0 amide bonds. The third-order valence-electron chi connectivity index (χ3n) is 2.22. The van der Waals surface area contributed by atoms with Crippen LogP contribution in [0.1, 0.15) is 24.6 Å². The van der Waals surface area contributed by atoms with Crippen LogP contribution in [-0.2, 0) is 9.53 Å². The molecule has 0 fully saturated rings. The number of hydrogen-bond donors (Lipinski definition) is 1. The first-order valence-electron chi connectivity index (χ1n) is 5.00. The summed E-state index contributed by atoms with van der Waals surface area (Å²) in [5.41, 5.74) is 6.61. The van der Waals surface area contributed by atoms with Gasteiger partial charge in [-0.2, -0.15) is 0 Å². The molecule has 0 bridgehead atoms. The van der Waals surface area contributed by atoms with Crippen LogP contribution in [0.5, 0.6) is 5.88 Å². The SMILES string of the molecule is COC(=O)CCC(N)c1cccc(OC)n1. The number of hydrogen-bond acceptors (Lipinski definition) is 5. The number of methoxy groups -OCH3 is 2. The van der Waals surface area contributed by atoms with Crippen molar-refractivity contribution in [3.63, 3.8) is 0 Å².